The summed E-state index contributed by atoms with van der Waals surface area (Å²) in [5, 5.41) is 0.785. The van der Waals surface area contributed by atoms with E-state index >= 15 is 0 Å². The van der Waals surface area contributed by atoms with Crippen molar-refractivity contribution < 1.29 is 9.21 Å². The summed E-state index contributed by atoms with van der Waals surface area (Å²) in [4.78, 5) is 19.1. The normalized spacial score (nSPS) is 15.3. The first-order valence-electron chi connectivity index (χ1n) is 8.58. The molecule has 0 N–H and O–H groups in total. The van der Waals surface area contributed by atoms with E-state index in [1.54, 1.807) is 17.4 Å². The van der Waals surface area contributed by atoms with Crippen LogP contribution in [0.1, 0.15) is 15.2 Å². The molecule has 6 heteroatoms. The summed E-state index contributed by atoms with van der Waals surface area (Å²) in [6, 6.07) is 14.0. The van der Waals surface area contributed by atoms with Crippen molar-refractivity contribution in [3.05, 3.63) is 70.5 Å². The Morgan fingerprint density at radius 2 is 1.88 bits per heavy atom. The van der Waals surface area contributed by atoms with E-state index in [2.05, 4.69) is 23.1 Å². The Morgan fingerprint density at radius 1 is 1.08 bits per heavy atom. The van der Waals surface area contributed by atoms with E-state index in [9.17, 15) is 4.79 Å². The number of hydrogen-bond acceptors (Lipinski definition) is 4. The molecule has 1 fully saturated rings. The van der Waals surface area contributed by atoms with Crippen molar-refractivity contribution in [1.29, 1.82) is 0 Å². The van der Waals surface area contributed by atoms with Crippen LogP contribution in [0.25, 0.3) is 10.4 Å². The van der Waals surface area contributed by atoms with Crippen molar-refractivity contribution >= 4 is 28.8 Å². The molecule has 0 spiro atoms. The molecule has 0 radical (unpaired) electrons. The molecule has 1 amide bonds. The van der Waals surface area contributed by atoms with E-state index in [0.717, 1.165) is 43.3 Å². The summed E-state index contributed by atoms with van der Waals surface area (Å²) in [5.41, 5.74) is 1.71. The second-order valence-electron chi connectivity index (χ2n) is 6.33. The Hall–Kier alpha value is -2.08. The summed E-state index contributed by atoms with van der Waals surface area (Å²) < 4.78 is 5.01. The van der Waals surface area contributed by atoms with E-state index in [1.807, 2.05) is 23.1 Å². The van der Waals surface area contributed by atoms with E-state index < -0.39 is 0 Å². The molecule has 0 bridgehead atoms. The number of furan rings is 1. The molecule has 1 aliphatic rings. The lowest BCUT2D eigenvalue weighted by atomic mass is 10.2. The minimum Gasteiger partial charge on any atom is -0.472 e. The summed E-state index contributed by atoms with van der Waals surface area (Å²) in [5.74, 6) is 0.0514. The van der Waals surface area contributed by atoms with Gasteiger partial charge in [-0.25, -0.2) is 0 Å². The Labute approximate surface area is 161 Å². The molecule has 1 aliphatic heterocycles. The Bertz CT molecular complexity index is 883. The summed E-state index contributed by atoms with van der Waals surface area (Å²) in [6.07, 6.45) is 3.05. The second-order valence-corrected chi connectivity index (χ2v) is 7.90. The number of piperazine rings is 1. The molecule has 1 aromatic carbocycles. The zero-order valence-electron chi connectivity index (χ0n) is 14.2. The molecule has 0 unspecified atom stereocenters. The van der Waals surface area contributed by atoms with E-state index in [-0.39, 0.29) is 5.91 Å². The topological polar surface area (TPSA) is 36.7 Å². The second kappa shape index (κ2) is 7.66. The monoisotopic (exact) mass is 386 g/mol. The molecule has 0 aliphatic carbocycles. The molecule has 0 saturated carbocycles. The molecule has 4 rings (SSSR count). The first-order chi connectivity index (χ1) is 12.7. The van der Waals surface area contributed by atoms with Crippen LogP contribution in [0.2, 0.25) is 5.02 Å². The zero-order chi connectivity index (χ0) is 17.9. The molecule has 1 saturated heterocycles. The number of carbonyl (C=O) groups excluding carboxylic acids is 1. The minimum absolute atomic E-state index is 0.0514. The van der Waals surface area contributed by atoms with Crippen LogP contribution in [-0.2, 0) is 6.54 Å². The van der Waals surface area contributed by atoms with Gasteiger partial charge in [0.05, 0.1) is 11.8 Å². The third kappa shape index (κ3) is 3.70. The minimum atomic E-state index is 0.0514. The lowest BCUT2D eigenvalue weighted by Gasteiger charge is -2.34. The van der Waals surface area contributed by atoms with Gasteiger partial charge in [-0.2, -0.15) is 0 Å². The Balaban J connectivity index is 1.35. The number of thiophene rings is 1. The van der Waals surface area contributed by atoms with Gasteiger partial charge in [-0.1, -0.05) is 29.8 Å². The van der Waals surface area contributed by atoms with Crippen molar-refractivity contribution in [2.24, 2.45) is 0 Å². The summed E-state index contributed by atoms with van der Waals surface area (Å²) >= 11 is 8.08. The number of nitrogens with zero attached hydrogens (tertiary/aromatic N) is 2. The van der Waals surface area contributed by atoms with E-state index in [1.165, 1.54) is 22.3 Å². The molecular weight excluding hydrogens is 368 g/mol. The van der Waals surface area contributed by atoms with Crippen LogP contribution in [0.5, 0.6) is 0 Å². The Kier molecular flexibility index (Phi) is 5.11. The van der Waals surface area contributed by atoms with Gasteiger partial charge >= 0.3 is 0 Å². The van der Waals surface area contributed by atoms with Gasteiger partial charge in [-0.3, -0.25) is 9.69 Å². The number of amides is 1. The molecule has 3 aromatic rings. The van der Waals surface area contributed by atoms with Gasteiger partial charge in [0, 0.05) is 53.1 Å². The first-order valence-corrected chi connectivity index (χ1v) is 9.77. The van der Waals surface area contributed by atoms with Gasteiger partial charge in [0.2, 0.25) is 0 Å². The van der Waals surface area contributed by atoms with Crippen molar-refractivity contribution in [2.75, 3.05) is 26.2 Å². The predicted molar refractivity (Wildman–Crippen MR) is 105 cm³/mol. The lowest BCUT2D eigenvalue weighted by molar-refractivity contribution is 0.0629. The average Bonchev–Trinajstić information content (AvgIpc) is 3.34. The maximum absolute atomic E-state index is 12.4. The molecule has 26 heavy (non-hydrogen) atoms. The van der Waals surface area contributed by atoms with Crippen molar-refractivity contribution in [1.82, 2.24) is 9.80 Å². The van der Waals surface area contributed by atoms with Crippen molar-refractivity contribution in [2.45, 2.75) is 6.54 Å². The Morgan fingerprint density at radius 3 is 2.62 bits per heavy atom. The van der Waals surface area contributed by atoms with Gasteiger partial charge in [-0.05, 0) is 24.3 Å². The van der Waals surface area contributed by atoms with Crippen LogP contribution in [0, 0.1) is 0 Å². The molecular formula is C20H19ClN2O2S. The fourth-order valence-electron chi connectivity index (χ4n) is 3.17. The molecule has 134 valence electrons. The van der Waals surface area contributed by atoms with Gasteiger partial charge in [0.15, 0.2) is 0 Å². The van der Waals surface area contributed by atoms with Crippen LogP contribution in [0.4, 0.5) is 0 Å². The highest BCUT2D eigenvalue weighted by Crippen LogP contribution is 2.33. The average molecular weight is 387 g/mol. The third-order valence-corrected chi connectivity index (χ3v) is 6.04. The highest BCUT2D eigenvalue weighted by atomic mass is 35.5. The number of rotatable bonds is 4. The van der Waals surface area contributed by atoms with Crippen LogP contribution < -0.4 is 0 Å². The third-order valence-electron chi connectivity index (χ3n) is 4.61. The van der Waals surface area contributed by atoms with Crippen molar-refractivity contribution in [3.63, 3.8) is 0 Å². The predicted octanol–water partition coefficient (Wildman–Crippen LogP) is 4.62. The fourth-order valence-corrected chi connectivity index (χ4v) is 4.55. The summed E-state index contributed by atoms with van der Waals surface area (Å²) in [6.45, 7) is 4.15. The smallest absolute Gasteiger partial charge is 0.257 e. The van der Waals surface area contributed by atoms with E-state index in [0.29, 0.717) is 5.56 Å². The van der Waals surface area contributed by atoms with Crippen LogP contribution in [0.3, 0.4) is 0 Å². The number of carbonyl (C=O) groups is 1. The van der Waals surface area contributed by atoms with Crippen LogP contribution in [0.15, 0.2) is 59.4 Å². The number of halogens is 1. The van der Waals surface area contributed by atoms with Crippen molar-refractivity contribution in [3.8, 4) is 10.4 Å². The highest BCUT2D eigenvalue weighted by Gasteiger charge is 2.23. The molecule has 0 atom stereocenters. The number of hydrogen-bond donors (Lipinski definition) is 0. The quantitative estimate of drug-likeness (QED) is 0.656. The van der Waals surface area contributed by atoms with Gasteiger partial charge in [-0.15, -0.1) is 11.3 Å². The number of benzene rings is 1. The lowest BCUT2D eigenvalue weighted by Crippen LogP contribution is -2.48. The van der Waals surface area contributed by atoms with Gasteiger partial charge in [0.25, 0.3) is 5.91 Å². The van der Waals surface area contributed by atoms with Crippen LogP contribution in [-0.4, -0.2) is 41.9 Å². The molecule has 2 aromatic heterocycles. The molecule has 4 nitrogen and oxygen atoms in total. The largest absolute Gasteiger partial charge is 0.472 e. The zero-order valence-corrected chi connectivity index (χ0v) is 15.8. The first kappa shape index (κ1) is 17.3. The standard InChI is InChI=1S/C20H19ClN2O2S/c21-18-4-2-1-3-17(18)19-6-5-16(26-19)13-22-8-10-23(11-9-22)20(24)15-7-12-25-14-15/h1-7,12,14H,8-11,13H2. The van der Waals surface area contributed by atoms with Gasteiger partial charge in [0.1, 0.15) is 6.26 Å². The fraction of sp³-hybridized carbons (Fsp3) is 0.250. The maximum Gasteiger partial charge on any atom is 0.257 e. The SMILES string of the molecule is O=C(c1ccoc1)N1CCN(Cc2ccc(-c3ccccc3Cl)s2)CC1. The van der Waals surface area contributed by atoms with Crippen LogP contribution >= 0.6 is 22.9 Å². The maximum atomic E-state index is 12.4. The van der Waals surface area contributed by atoms with Gasteiger partial charge < -0.3 is 9.32 Å². The molecule has 3 heterocycles. The highest BCUT2D eigenvalue weighted by molar-refractivity contribution is 7.15. The van der Waals surface area contributed by atoms with E-state index in [4.69, 9.17) is 16.0 Å². The summed E-state index contributed by atoms with van der Waals surface area (Å²) in [7, 11) is 0.